The van der Waals surface area contributed by atoms with E-state index in [0.717, 1.165) is 30.6 Å². The molecule has 0 aliphatic heterocycles. The van der Waals surface area contributed by atoms with Crippen LogP contribution in [0.5, 0.6) is 5.75 Å². The molecule has 2 aromatic heterocycles. The van der Waals surface area contributed by atoms with E-state index in [4.69, 9.17) is 10.5 Å². The molecule has 2 atom stereocenters. The summed E-state index contributed by atoms with van der Waals surface area (Å²) in [5.41, 5.74) is 8.31. The van der Waals surface area contributed by atoms with Gasteiger partial charge in [0, 0.05) is 24.1 Å². The van der Waals surface area contributed by atoms with E-state index >= 15 is 0 Å². The molecule has 0 radical (unpaired) electrons. The van der Waals surface area contributed by atoms with Crippen molar-refractivity contribution in [3.05, 3.63) is 36.0 Å². The van der Waals surface area contributed by atoms with Crippen molar-refractivity contribution >= 4 is 22.8 Å². The molecule has 27 heavy (non-hydrogen) atoms. The van der Waals surface area contributed by atoms with E-state index in [1.165, 1.54) is 0 Å². The zero-order chi connectivity index (χ0) is 18.8. The summed E-state index contributed by atoms with van der Waals surface area (Å²) in [4.78, 5) is 8.68. The molecule has 0 saturated heterocycles. The standard InChI is InChI=1S/C19H24N6O2/c1-27-16-8-3-2-5-12(16)9-25-10-15-17(24-25)18(23-19(20)22-15)21-14-7-4-6-13(14)11-26/h2-3,5,8,10,13-14,26H,4,6-7,9,11H2,1H3,(H3,20,21,22,23)/t13-,14+/m1/s1. The molecule has 0 amide bonds. The Balaban J connectivity index is 1.65. The van der Waals surface area contributed by atoms with Gasteiger partial charge in [-0.25, -0.2) is 4.98 Å². The summed E-state index contributed by atoms with van der Waals surface area (Å²) in [6, 6.07) is 8.02. The SMILES string of the molecule is COc1ccccc1Cn1cc2nc(N)nc(N[C@H]3CCC[C@@H]3CO)c2n1. The maximum Gasteiger partial charge on any atom is 0.222 e. The Morgan fingerprint density at radius 2 is 2.15 bits per heavy atom. The Hall–Kier alpha value is -2.87. The summed E-state index contributed by atoms with van der Waals surface area (Å²) < 4.78 is 7.24. The van der Waals surface area contributed by atoms with E-state index < -0.39 is 0 Å². The minimum absolute atomic E-state index is 0.170. The molecule has 0 spiro atoms. The number of para-hydroxylation sites is 1. The minimum Gasteiger partial charge on any atom is -0.496 e. The van der Waals surface area contributed by atoms with Crippen LogP contribution in [-0.4, -0.2) is 44.6 Å². The van der Waals surface area contributed by atoms with Crippen LogP contribution in [0, 0.1) is 5.92 Å². The highest BCUT2D eigenvalue weighted by atomic mass is 16.5. The first-order chi connectivity index (χ1) is 13.2. The molecule has 1 aromatic carbocycles. The number of hydrogen-bond acceptors (Lipinski definition) is 7. The zero-order valence-corrected chi connectivity index (χ0v) is 15.3. The quantitative estimate of drug-likeness (QED) is 0.610. The normalized spacial score (nSPS) is 19.5. The molecule has 3 aromatic rings. The number of fused-ring (bicyclic) bond motifs is 1. The summed E-state index contributed by atoms with van der Waals surface area (Å²) >= 11 is 0. The summed E-state index contributed by atoms with van der Waals surface area (Å²) in [6.45, 7) is 0.728. The number of benzene rings is 1. The average molecular weight is 368 g/mol. The number of hydrogen-bond donors (Lipinski definition) is 3. The summed E-state index contributed by atoms with van der Waals surface area (Å²) in [5, 5.41) is 17.7. The number of anilines is 2. The first kappa shape index (κ1) is 17.5. The molecule has 8 nitrogen and oxygen atoms in total. The smallest absolute Gasteiger partial charge is 0.222 e. The number of nitrogens with one attached hydrogen (secondary N) is 1. The van der Waals surface area contributed by atoms with Gasteiger partial charge in [-0.15, -0.1) is 0 Å². The second-order valence-electron chi connectivity index (χ2n) is 6.93. The monoisotopic (exact) mass is 368 g/mol. The third-order valence-corrected chi connectivity index (χ3v) is 5.17. The van der Waals surface area contributed by atoms with E-state index in [-0.39, 0.29) is 24.5 Å². The van der Waals surface area contributed by atoms with Crippen molar-refractivity contribution in [2.75, 3.05) is 24.8 Å². The summed E-state index contributed by atoms with van der Waals surface area (Å²) in [5.74, 6) is 1.88. The predicted octanol–water partition coefficient (Wildman–Crippen LogP) is 2.04. The fourth-order valence-corrected chi connectivity index (χ4v) is 3.79. The van der Waals surface area contributed by atoms with Crippen molar-refractivity contribution in [3.8, 4) is 5.75 Å². The number of methoxy groups -OCH3 is 1. The average Bonchev–Trinajstić information content (AvgIpc) is 3.28. The van der Waals surface area contributed by atoms with Gasteiger partial charge in [0.05, 0.1) is 19.9 Å². The molecule has 8 heteroatoms. The number of aromatic nitrogens is 4. The Kier molecular flexibility index (Phi) is 4.81. The van der Waals surface area contributed by atoms with Crippen LogP contribution in [-0.2, 0) is 6.54 Å². The number of nitrogen functional groups attached to an aromatic ring is 1. The molecular weight excluding hydrogens is 344 g/mol. The van der Waals surface area contributed by atoms with Crippen LogP contribution in [0.3, 0.4) is 0 Å². The van der Waals surface area contributed by atoms with Gasteiger partial charge in [0.1, 0.15) is 11.3 Å². The Morgan fingerprint density at radius 3 is 2.96 bits per heavy atom. The molecule has 4 rings (SSSR count). The van der Waals surface area contributed by atoms with Gasteiger partial charge in [0.15, 0.2) is 11.3 Å². The van der Waals surface area contributed by atoms with Gasteiger partial charge in [-0.05, 0) is 18.9 Å². The van der Waals surface area contributed by atoms with Crippen LogP contribution >= 0.6 is 0 Å². The number of aliphatic hydroxyl groups excluding tert-OH is 1. The van der Waals surface area contributed by atoms with Crippen LogP contribution in [0.2, 0.25) is 0 Å². The largest absolute Gasteiger partial charge is 0.496 e. The van der Waals surface area contributed by atoms with E-state index in [2.05, 4.69) is 20.4 Å². The van der Waals surface area contributed by atoms with Crippen molar-refractivity contribution < 1.29 is 9.84 Å². The van der Waals surface area contributed by atoms with Crippen molar-refractivity contribution in [2.24, 2.45) is 5.92 Å². The lowest BCUT2D eigenvalue weighted by atomic mass is 10.1. The minimum atomic E-state index is 0.170. The van der Waals surface area contributed by atoms with E-state index in [1.54, 1.807) is 7.11 Å². The molecule has 1 saturated carbocycles. The molecule has 142 valence electrons. The van der Waals surface area contributed by atoms with Crippen molar-refractivity contribution in [3.63, 3.8) is 0 Å². The second kappa shape index (κ2) is 7.40. The van der Waals surface area contributed by atoms with Crippen molar-refractivity contribution in [1.82, 2.24) is 19.7 Å². The number of nitrogens with zero attached hydrogens (tertiary/aromatic N) is 4. The highest BCUT2D eigenvalue weighted by Gasteiger charge is 2.27. The Bertz CT molecular complexity index is 941. The Labute approximate surface area is 157 Å². The number of rotatable bonds is 6. The molecule has 1 aliphatic carbocycles. The molecule has 0 unspecified atom stereocenters. The van der Waals surface area contributed by atoms with Gasteiger partial charge in [0.25, 0.3) is 0 Å². The van der Waals surface area contributed by atoms with Crippen molar-refractivity contribution in [2.45, 2.75) is 31.8 Å². The predicted molar refractivity (Wildman–Crippen MR) is 104 cm³/mol. The van der Waals surface area contributed by atoms with Crippen LogP contribution < -0.4 is 15.8 Å². The molecular formula is C19H24N6O2. The fourth-order valence-electron chi connectivity index (χ4n) is 3.79. The Morgan fingerprint density at radius 1 is 1.30 bits per heavy atom. The van der Waals surface area contributed by atoms with Crippen LogP contribution in [0.25, 0.3) is 11.0 Å². The van der Waals surface area contributed by atoms with Gasteiger partial charge in [-0.2, -0.15) is 10.1 Å². The third-order valence-electron chi connectivity index (χ3n) is 5.17. The highest BCUT2D eigenvalue weighted by Crippen LogP contribution is 2.30. The number of ether oxygens (including phenoxy) is 1. The van der Waals surface area contributed by atoms with Gasteiger partial charge < -0.3 is 20.9 Å². The third kappa shape index (κ3) is 3.52. The highest BCUT2D eigenvalue weighted by molar-refractivity contribution is 5.86. The van der Waals surface area contributed by atoms with Gasteiger partial charge in [0.2, 0.25) is 5.95 Å². The van der Waals surface area contributed by atoms with Crippen LogP contribution in [0.4, 0.5) is 11.8 Å². The lowest BCUT2D eigenvalue weighted by molar-refractivity contribution is 0.222. The molecule has 1 aliphatic rings. The molecule has 4 N–H and O–H groups in total. The second-order valence-corrected chi connectivity index (χ2v) is 6.93. The summed E-state index contributed by atoms with van der Waals surface area (Å²) in [7, 11) is 1.66. The van der Waals surface area contributed by atoms with Gasteiger partial charge in [-0.3, -0.25) is 4.68 Å². The summed E-state index contributed by atoms with van der Waals surface area (Å²) in [6.07, 6.45) is 4.97. The number of nitrogens with two attached hydrogens (primary N) is 1. The maximum absolute atomic E-state index is 9.57. The van der Waals surface area contributed by atoms with Gasteiger partial charge in [-0.1, -0.05) is 24.6 Å². The van der Waals surface area contributed by atoms with E-state index in [9.17, 15) is 5.11 Å². The van der Waals surface area contributed by atoms with E-state index in [1.807, 2.05) is 35.1 Å². The zero-order valence-electron chi connectivity index (χ0n) is 15.3. The lowest BCUT2D eigenvalue weighted by Gasteiger charge is -2.19. The van der Waals surface area contributed by atoms with Crippen LogP contribution in [0.1, 0.15) is 24.8 Å². The van der Waals surface area contributed by atoms with Gasteiger partial charge >= 0.3 is 0 Å². The lowest BCUT2D eigenvalue weighted by Crippen LogP contribution is -2.27. The fraction of sp³-hybridized carbons (Fsp3) is 0.421. The van der Waals surface area contributed by atoms with Crippen LogP contribution in [0.15, 0.2) is 30.5 Å². The first-order valence-corrected chi connectivity index (χ1v) is 9.18. The topological polar surface area (TPSA) is 111 Å². The molecule has 2 heterocycles. The molecule has 1 fully saturated rings. The van der Waals surface area contributed by atoms with Crippen molar-refractivity contribution in [1.29, 1.82) is 0 Å². The molecule has 0 bridgehead atoms. The van der Waals surface area contributed by atoms with E-state index in [0.29, 0.717) is 23.4 Å². The first-order valence-electron chi connectivity index (χ1n) is 9.18. The maximum atomic E-state index is 9.57. The number of aliphatic hydroxyl groups is 1.